The van der Waals surface area contributed by atoms with Crippen molar-refractivity contribution in [2.45, 2.75) is 50.9 Å². The van der Waals surface area contributed by atoms with Crippen molar-refractivity contribution in [3.63, 3.8) is 0 Å². The second-order valence-electron chi connectivity index (χ2n) is 8.27. The van der Waals surface area contributed by atoms with Crippen LogP contribution in [0.25, 0.3) is 11.3 Å². The van der Waals surface area contributed by atoms with Gasteiger partial charge in [-0.2, -0.15) is 5.10 Å². The predicted octanol–water partition coefficient (Wildman–Crippen LogP) is 3.78. The average Bonchev–Trinajstić information content (AvgIpc) is 3.22. The Labute approximate surface area is 177 Å². The molecule has 0 aliphatic carbocycles. The summed E-state index contributed by atoms with van der Waals surface area (Å²) in [7, 11) is 0. The van der Waals surface area contributed by atoms with Gasteiger partial charge in [0.15, 0.2) is 0 Å². The Morgan fingerprint density at radius 1 is 1.23 bits per heavy atom. The van der Waals surface area contributed by atoms with E-state index in [1.54, 1.807) is 12.1 Å². The molecule has 1 aromatic carbocycles. The minimum atomic E-state index is -0.228. The summed E-state index contributed by atoms with van der Waals surface area (Å²) in [6.45, 7) is 7.63. The van der Waals surface area contributed by atoms with Gasteiger partial charge in [-0.05, 0) is 50.5 Å². The van der Waals surface area contributed by atoms with Crippen molar-refractivity contribution in [2.24, 2.45) is 0 Å². The lowest BCUT2D eigenvalue weighted by Gasteiger charge is -2.46. The number of ether oxygens (including phenoxy) is 3. The molecule has 1 atom stereocenters. The highest BCUT2D eigenvalue weighted by Crippen LogP contribution is 2.36. The van der Waals surface area contributed by atoms with Crippen molar-refractivity contribution in [2.75, 3.05) is 39.5 Å². The van der Waals surface area contributed by atoms with Gasteiger partial charge in [0.1, 0.15) is 5.82 Å². The summed E-state index contributed by atoms with van der Waals surface area (Å²) < 4.78 is 30.9. The molecule has 0 saturated carbocycles. The number of aromatic amines is 1. The van der Waals surface area contributed by atoms with Crippen LogP contribution in [0.5, 0.6) is 0 Å². The summed E-state index contributed by atoms with van der Waals surface area (Å²) in [5, 5.41) is 7.30. The first-order chi connectivity index (χ1) is 14.7. The Kier molecular flexibility index (Phi) is 7.15. The zero-order valence-electron chi connectivity index (χ0n) is 17.7. The van der Waals surface area contributed by atoms with E-state index < -0.39 is 0 Å². The van der Waals surface area contributed by atoms with E-state index in [-0.39, 0.29) is 17.5 Å². The van der Waals surface area contributed by atoms with Gasteiger partial charge < -0.3 is 14.2 Å². The Hall–Kier alpha value is -1.80. The highest BCUT2D eigenvalue weighted by Gasteiger charge is 2.40. The van der Waals surface area contributed by atoms with Crippen LogP contribution in [0.4, 0.5) is 4.39 Å². The van der Waals surface area contributed by atoms with E-state index in [1.807, 2.05) is 13.1 Å². The monoisotopic (exact) mass is 417 g/mol. The van der Waals surface area contributed by atoms with Gasteiger partial charge in [-0.3, -0.25) is 10.00 Å². The topological polar surface area (TPSA) is 59.6 Å². The summed E-state index contributed by atoms with van der Waals surface area (Å²) in [6, 6.07) is 6.55. The minimum Gasteiger partial charge on any atom is -0.379 e. The maximum absolute atomic E-state index is 13.2. The van der Waals surface area contributed by atoms with E-state index in [0.717, 1.165) is 75.4 Å². The Morgan fingerprint density at radius 2 is 2.03 bits per heavy atom. The second-order valence-corrected chi connectivity index (χ2v) is 8.27. The van der Waals surface area contributed by atoms with Crippen LogP contribution < -0.4 is 0 Å². The number of halogens is 1. The normalized spacial score (nSPS) is 21.9. The molecule has 3 heterocycles. The molecule has 0 amide bonds. The van der Waals surface area contributed by atoms with Crippen LogP contribution in [0.2, 0.25) is 0 Å². The number of piperidine rings is 1. The van der Waals surface area contributed by atoms with E-state index >= 15 is 0 Å². The molecular weight excluding hydrogens is 385 g/mol. The first-order valence-corrected chi connectivity index (χ1v) is 11.0. The average molecular weight is 418 g/mol. The third kappa shape index (κ3) is 5.27. The molecule has 1 unspecified atom stereocenters. The number of likely N-dealkylation sites (tertiary alicyclic amines) is 1. The maximum atomic E-state index is 13.2. The summed E-state index contributed by atoms with van der Waals surface area (Å²) in [6.07, 6.45) is 6.12. The Bertz CT molecular complexity index is 787. The molecule has 0 radical (unpaired) electrons. The number of rotatable bonds is 8. The van der Waals surface area contributed by atoms with Crippen molar-refractivity contribution in [3.8, 4) is 11.3 Å². The molecular formula is C23H32FN3O3. The number of H-pyrrole nitrogens is 1. The molecule has 2 aliphatic heterocycles. The smallest absolute Gasteiger partial charge is 0.123 e. The quantitative estimate of drug-likeness (QED) is 0.663. The lowest BCUT2D eigenvalue weighted by atomic mass is 9.83. The fraction of sp³-hybridized carbons (Fsp3) is 0.609. The summed E-state index contributed by atoms with van der Waals surface area (Å²) in [5.41, 5.74) is 3.01. The molecule has 2 aromatic rings. The molecule has 164 valence electrons. The number of hydrogen-bond acceptors (Lipinski definition) is 5. The summed E-state index contributed by atoms with van der Waals surface area (Å²) in [5.74, 6) is -0.228. The molecule has 0 bridgehead atoms. The lowest BCUT2D eigenvalue weighted by Crippen LogP contribution is -2.50. The van der Waals surface area contributed by atoms with Gasteiger partial charge in [0, 0.05) is 50.4 Å². The molecule has 30 heavy (non-hydrogen) atoms. The molecule has 2 aliphatic rings. The molecule has 2 saturated heterocycles. The maximum Gasteiger partial charge on any atom is 0.123 e. The van der Waals surface area contributed by atoms with Gasteiger partial charge in [-0.1, -0.05) is 0 Å². The largest absolute Gasteiger partial charge is 0.379 e. The number of benzene rings is 1. The minimum absolute atomic E-state index is 0.0544. The first kappa shape index (κ1) is 21.4. The Morgan fingerprint density at radius 3 is 2.80 bits per heavy atom. The van der Waals surface area contributed by atoms with Crippen LogP contribution in [-0.4, -0.2) is 66.3 Å². The zero-order chi connectivity index (χ0) is 20.8. The number of aromatic nitrogens is 2. The van der Waals surface area contributed by atoms with E-state index in [2.05, 4.69) is 15.1 Å². The van der Waals surface area contributed by atoms with Crippen molar-refractivity contribution in [1.82, 2.24) is 15.1 Å². The lowest BCUT2D eigenvalue weighted by molar-refractivity contribution is -0.158. The third-order valence-electron chi connectivity index (χ3n) is 6.25. The van der Waals surface area contributed by atoms with Gasteiger partial charge in [0.05, 0.1) is 36.8 Å². The number of hydrogen-bond donors (Lipinski definition) is 1. The highest BCUT2D eigenvalue weighted by atomic mass is 19.1. The molecule has 6 nitrogen and oxygen atoms in total. The van der Waals surface area contributed by atoms with E-state index in [9.17, 15) is 4.39 Å². The number of nitrogens with one attached hydrogen (secondary N) is 1. The van der Waals surface area contributed by atoms with Crippen molar-refractivity contribution in [3.05, 3.63) is 41.8 Å². The van der Waals surface area contributed by atoms with Crippen LogP contribution in [0.3, 0.4) is 0 Å². The first-order valence-electron chi connectivity index (χ1n) is 11.0. The molecule has 1 N–H and O–H groups in total. The van der Waals surface area contributed by atoms with Crippen molar-refractivity contribution in [1.29, 1.82) is 0 Å². The third-order valence-corrected chi connectivity index (χ3v) is 6.25. The summed E-state index contributed by atoms with van der Waals surface area (Å²) >= 11 is 0. The van der Waals surface area contributed by atoms with Gasteiger partial charge in [0.25, 0.3) is 0 Å². The van der Waals surface area contributed by atoms with Crippen LogP contribution in [-0.2, 0) is 20.8 Å². The van der Waals surface area contributed by atoms with E-state index in [0.29, 0.717) is 13.2 Å². The van der Waals surface area contributed by atoms with Crippen LogP contribution in [0.1, 0.15) is 38.2 Å². The summed E-state index contributed by atoms with van der Waals surface area (Å²) in [4.78, 5) is 2.45. The number of nitrogens with zero attached hydrogens (tertiary/aromatic N) is 2. The highest BCUT2D eigenvalue weighted by molar-refractivity contribution is 5.62. The molecule has 1 aromatic heterocycles. The van der Waals surface area contributed by atoms with Gasteiger partial charge in [0.2, 0.25) is 0 Å². The molecule has 2 fully saturated rings. The van der Waals surface area contributed by atoms with Crippen LogP contribution in [0, 0.1) is 5.82 Å². The molecule has 1 spiro atoms. The van der Waals surface area contributed by atoms with Gasteiger partial charge >= 0.3 is 0 Å². The zero-order valence-corrected chi connectivity index (χ0v) is 17.7. The molecule has 4 rings (SSSR count). The second kappa shape index (κ2) is 10.0. The predicted molar refractivity (Wildman–Crippen MR) is 113 cm³/mol. The Balaban J connectivity index is 1.30. The van der Waals surface area contributed by atoms with Crippen molar-refractivity contribution >= 4 is 0 Å². The van der Waals surface area contributed by atoms with Crippen molar-refractivity contribution < 1.29 is 18.6 Å². The van der Waals surface area contributed by atoms with E-state index in [4.69, 9.17) is 14.2 Å². The van der Waals surface area contributed by atoms with E-state index in [1.165, 1.54) is 12.1 Å². The molecule has 7 heteroatoms. The fourth-order valence-corrected chi connectivity index (χ4v) is 4.55. The SMILES string of the molecule is CCOCCOC1CCOC2(CCN(Cc3cn[nH]c3-c3ccc(F)cc3)CC2)C1. The van der Waals surface area contributed by atoms with Crippen LogP contribution in [0.15, 0.2) is 30.5 Å². The van der Waals surface area contributed by atoms with Gasteiger partial charge in [-0.15, -0.1) is 0 Å². The standard InChI is InChI=1S/C23H32FN3O3/c1-2-28-13-14-29-21-7-12-30-23(15-21)8-10-27(11-9-23)17-19-16-25-26-22(19)18-3-5-20(24)6-4-18/h3-6,16,21H,2,7-15,17H2,1H3,(H,25,26). The van der Waals surface area contributed by atoms with Gasteiger partial charge in [-0.25, -0.2) is 4.39 Å². The fourth-order valence-electron chi connectivity index (χ4n) is 4.55. The van der Waals surface area contributed by atoms with Crippen LogP contribution >= 0.6 is 0 Å².